The summed E-state index contributed by atoms with van der Waals surface area (Å²) in [7, 11) is 0. The summed E-state index contributed by atoms with van der Waals surface area (Å²) in [5.74, 6) is -1.10. The van der Waals surface area contributed by atoms with Crippen LogP contribution in [0, 0.1) is 18.6 Å². The standard InChI is InChI=1S/C17H16F2/c1-11-2-4-12(5-3-11)14-7-6-13-8-9-16(18)17(19)15(13)10-14/h2-5,8-9,14H,6-7,10H2,1H3. The largest absolute Gasteiger partial charge is 0.204 e. The molecule has 0 spiro atoms. The summed E-state index contributed by atoms with van der Waals surface area (Å²) in [6, 6.07) is 11.3. The van der Waals surface area contributed by atoms with Gasteiger partial charge in [0.25, 0.3) is 0 Å². The van der Waals surface area contributed by atoms with Gasteiger partial charge < -0.3 is 0 Å². The number of aryl methyl sites for hydroxylation is 2. The molecule has 0 saturated heterocycles. The second-order valence-corrected chi connectivity index (χ2v) is 5.35. The van der Waals surface area contributed by atoms with E-state index in [0.29, 0.717) is 17.9 Å². The Bertz CT molecular complexity index is 599. The Balaban J connectivity index is 1.93. The summed E-state index contributed by atoms with van der Waals surface area (Å²) in [5, 5.41) is 0. The van der Waals surface area contributed by atoms with E-state index in [-0.39, 0.29) is 0 Å². The zero-order chi connectivity index (χ0) is 13.4. The zero-order valence-electron chi connectivity index (χ0n) is 10.9. The number of hydrogen-bond acceptors (Lipinski definition) is 0. The number of rotatable bonds is 1. The first-order valence-electron chi connectivity index (χ1n) is 6.67. The van der Waals surface area contributed by atoms with Crippen molar-refractivity contribution < 1.29 is 8.78 Å². The molecule has 0 aromatic heterocycles. The summed E-state index contributed by atoms with van der Waals surface area (Å²) >= 11 is 0. The molecule has 0 heterocycles. The van der Waals surface area contributed by atoms with Crippen LogP contribution in [0.5, 0.6) is 0 Å². The van der Waals surface area contributed by atoms with Gasteiger partial charge >= 0.3 is 0 Å². The molecule has 0 bridgehead atoms. The molecule has 0 radical (unpaired) electrons. The SMILES string of the molecule is Cc1ccc(C2CCc3ccc(F)c(F)c3C2)cc1. The van der Waals surface area contributed by atoms with E-state index in [2.05, 4.69) is 31.2 Å². The van der Waals surface area contributed by atoms with Gasteiger partial charge in [0.2, 0.25) is 0 Å². The average molecular weight is 258 g/mol. The van der Waals surface area contributed by atoms with Crippen molar-refractivity contribution in [1.29, 1.82) is 0 Å². The van der Waals surface area contributed by atoms with Gasteiger partial charge in [0.15, 0.2) is 11.6 Å². The Kier molecular flexibility index (Phi) is 3.09. The molecule has 2 aromatic rings. The Morgan fingerprint density at radius 3 is 2.47 bits per heavy atom. The van der Waals surface area contributed by atoms with Gasteiger partial charge in [0.05, 0.1) is 0 Å². The van der Waals surface area contributed by atoms with Crippen molar-refractivity contribution in [2.45, 2.75) is 32.1 Å². The van der Waals surface area contributed by atoms with Crippen LogP contribution in [-0.4, -0.2) is 0 Å². The van der Waals surface area contributed by atoms with Crippen LogP contribution in [0.2, 0.25) is 0 Å². The van der Waals surface area contributed by atoms with E-state index in [1.165, 1.54) is 17.2 Å². The highest BCUT2D eigenvalue weighted by Crippen LogP contribution is 2.34. The Hall–Kier alpha value is -1.70. The molecule has 0 aliphatic heterocycles. The normalized spacial score (nSPS) is 18.2. The van der Waals surface area contributed by atoms with Gasteiger partial charge in [-0.2, -0.15) is 0 Å². The maximum Gasteiger partial charge on any atom is 0.162 e. The Morgan fingerprint density at radius 1 is 1.00 bits per heavy atom. The quantitative estimate of drug-likeness (QED) is 0.704. The first-order chi connectivity index (χ1) is 9.15. The molecule has 0 fully saturated rings. The third kappa shape index (κ3) is 2.27. The maximum atomic E-state index is 13.9. The number of benzene rings is 2. The van der Waals surface area contributed by atoms with E-state index in [4.69, 9.17) is 0 Å². The number of halogens is 2. The Labute approximate surface area is 112 Å². The molecule has 0 amide bonds. The minimum absolute atomic E-state index is 0.296. The lowest BCUT2D eigenvalue weighted by molar-refractivity contribution is 0.476. The molecule has 19 heavy (non-hydrogen) atoms. The molecule has 1 unspecified atom stereocenters. The molecule has 0 nitrogen and oxygen atoms in total. The highest BCUT2D eigenvalue weighted by molar-refractivity contribution is 5.36. The predicted molar refractivity (Wildman–Crippen MR) is 72.3 cm³/mol. The van der Waals surface area contributed by atoms with Gasteiger partial charge in [-0.1, -0.05) is 35.9 Å². The second-order valence-electron chi connectivity index (χ2n) is 5.35. The summed E-state index contributed by atoms with van der Waals surface area (Å²) in [4.78, 5) is 0. The lowest BCUT2D eigenvalue weighted by atomic mass is 9.80. The van der Waals surface area contributed by atoms with Crippen LogP contribution in [-0.2, 0) is 12.8 Å². The van der Waals surface area contributed by atoms with E-state index in [0.717, 1.165) is 18.4 Å². The van der Waals surface area contributed by atoms with E-state index in [1.54, 1.807) is 6.07 Å². The lowest BCUT2D eigenvalue weighted by Gasteiger charge is -2.25. The molecular weight excluding hydrogens is 242 g/mol. The van der Waals surface area contributed by atoms with Crippen LogP contribution >= 0.6 is 0 Å². The van der Waals surface area contributed by atoms with Crippen LogP contribution in [0.15, 0.2) is 36.4 Å². The number of fused-ring (bicyclic) bond motifs is 1. The lowest BCUT2D eigenvalue weighted by Crippen LogP contribution is -2.15. The third-order valence-corrected chi connectivity index (χ3v) is 4.05. The van der Waals surface area contributed by atoms with E-state index >= 15 is 0 Å². The first kappa shape index (κ1) is 12.3. The first-order valence-corrected chi connectivity index (χ1v) is 6.67. The molecule has 0 N–H and O–H groups in total. The average Bonchev–Trinajstić information content (AvgIpc) is 2.44. The molecule has 2 heteroatoms. The fourth-order valence-electron chi connectivity index (χ4n) is 2.89. The fraction of sp³-hybridized carbons (Fsp3) is 0.294. The smallest absolute Gasteiger partial charge is 0.162 e. The second kappa shape index (κ2) is 4.76. The van der Waals surface area contributed by atoms with Crippen molar-refractivity contribution >= 4 is 0 Å². The summed E-state index contributed by atoms with van der Waals surface area (Å²) in [6.45, 7) is 2.05. The van der Waals surface area contributed by atoms with Crippen molar-refractivity contribution in [2.75, 3.05) is 0 Å². The van der Waals surface area contributed by atoms with Gasteiger partial charge in [0, 0.05) is 0 Å². The summed E-state index contributed by atoms with van der Waals surface area (Å²) in [6.07, 6.45) is 2.42. The van der Waals surface area contributed by atoms with E-state index in [9.17, 15) is 8.78 Å². The molecule has 1 aliphatic carbocycles. The van der Waals surface area contributed by atoms with Crippen LogP contribution in [0.1, 0.15) is 34.6 Å². The highest BCUT2D eigenvalue weighted by atomic mass is 19.2. The van der Waals surface area contributed by atoms with Crippen LogP contribution < -0.4 is 0 Å². The third-order valence-electron chi connectivity index (χ3n) is 4.05. The molecular formula is C17H16F2. The summed E-state index contributed by atoms with van der Waals surface area (Å²) < 4.78 is 27.2. The maximum absolute atomic E-state index is 13.9. The minimum Gasteiger partial charge on any atom is -0.204 e. The van der Waals surface area contributed by atoms with Crippen molar-refractivity contribution in [3.63, 3.8) is 0 Å². The minimum atomic E-state index is -0.733. The van der Waals surface area contributed by atoms with Gasteiger partial charge in [-0.15, -0.1) is 0 Å². The van der Waals surface area contributed by atoms with Gasteiger partial charge in [-0.3, -0.25) is 0 Å². The van der Waals surface area contributed by atoms with Crippen molar-refractivity contribution in [3.05, 3.63) is 70.3 Å². The highest BCUT2D eigenvalue weighted by Gasteiger charge is 2.24. The summed E-state index contributed by atoms with van der Waals surface area (Å²) in [5.41, 5.74) is 3.97. The predicted octanol–water partition coefficient (Wildman–Crippen LogP) is 4.55. The van der Waals surface area contributed by atoms with E-state index in [1.807, 2.05) is 0 Å². The van der Waals surface area contributed by atoms with Crippen LogP contribution in [0.25, 0.3) is 0 Å². The van der Waals surface area contributed by atoms with Gasteiger partial charge in [-0.25, -0.2) is 8.78 Å². The Morgan fingerprint density at radius 2 is 1.74 bits per heavy atom. The van der Waals surface area contributed by atoms with Crippen LogP contribution in [0.3, 0.4) is 0 Å². The van der Waals surface area contributed by atoms with Crippen molar-refractivity contribution in [3.8, 4) is 0 Å². The van der Waals surface area contributed by atoms with Gasteiger partial charge in [-0.05, 0) is 54.9 Å². The van der Waals surface area contributed by atoms with E-state index < -0.39 is 11.6 Å². The molecule has 2 aromatic carbocycles. The zero-order valence-corrected chi connectivity index (χ0v) is 10.9. The molecule has 1 aliphatic rings. The fourth-order valence-corrected chi connectivity index (χ4v) is 2.89. The monoisotopic (exact) mass is 258 g/mol. The molecule has 0 saturated carbocycles. The van der Waals surface area contributed by atoms with Crippen LogP contribution in [0.4, 0.5) is 8.78 Å². The molecule has 1 atom stereocenters. The van der Waals surface area contributed by atoms with Gasteiger partial charge in [0.1, 0.15) is 0 Å². The molecule has 3 rings (SSSR count). The molecule has 98 valence electrons. The topological polar surface area (TPSA) is 0 Å². The van der Waals surface area contributed by atoms with Crippen molar-refractivity contribution in [1.82, 2.24) is 0 Å². The van der Waals surface area contributed by atoms with Crippen molar-refractivity contribution in [2.24, 2.45) is 0 Å². The number of hydrogen-bond donors (Lipinski definition) is 0.